The van der Waals surface area contributed by atoms with Gasteiger partial charge in [-0.25, -0.2) is 0 Å². The van der Waals surface area contributed by atoms with E-state index in [2.05, 4.69) is 9.97 Å². The first-order chi connectivity index (χ1) is 14.1. The quantitative estimate of drug-likeness (QED) is 0.283. The molecular weight excluding hydrogens is 404 g/mol. The van der Waals surface area contributed by atoms with Crippen molar-refractivity contribution >= 4 is 53.7 Å². The van der Waals surface area contributed by atoms with E-state index in [1.807, 2.05) is 13.8 Å². The lowest BCUT2D eigenvalue weighted by Gasteiger charge is -2.12. The van der Waals surface area contributed by atoms with Gasteiger partial charge in [0.15, 0.2) is 10.9 Å². The average molecular weight is 420 g/mol. The number of aryl methyl sites for hydroxylation is 2. The van der Waals surface area contributed by atoms with Gasteiger partial charge in [-0.05, 0) is 55.3 Å². The molecule has 3 aromatic carbocycles. The maximum atomic E-state index is 13.2. The van der Waals surface area contributed by atoms with Crippen LogP contribution >= 0.6 is 0 Å². The van der Waals surface area contributed by atoms with E-state index in [0.29, 0.717) is 16.4 Å². The van der Waals surface area contributed by atoms with E-state index in [-0.39, 0.29) is 27.2 Å². The van der Waals surface area contributed by atoms with Crippen LogP contribution in [0.15, 0.2) is 56.9 Å². The summed E-state index contributed by atoms with van der Waals surface area (Å²) in [6, 6.07) is 11.7. The molecule has 0 unspecified atom stereocenters. The second-order valence-electron chi connectivity index (χ2n) is 7.53. The molecule has 2 heterocycles. The van der Waals surface area contributed by atoms with E-state index in [9.17, 15) is 22.6 Å². The van der Waals surface area contributed by atoms with Crippen LogP contribution in [0.5, 0.6) is 0 Å². The highest BCUT2D eigenvalue weighted by atomic mass is 32.2. The number of H-pyrrole nitrogens is 2. The average Bonchev–Trinajstić information content (AvgIpc) is 2.66. The minimum atomic E-state index is -4.84. The second kappa shape index (κ2) is 6.01. The van der Waals surface area contributed by atoms with E-state index in [0.717, 1.165) is 11.1 Å². The molecule has 8 heteroatoms. The fourth-order valence-corrected chi connectivity index (χ4v) is 4.90. The summed E-state index contributed by atoms with van der Waals surface area (Å²) in [6.45, 7) is 3.70. The van der Waals surface area contributed by atoms with Crippen molar-refractivity contribution in [1.29, 1.82) is 0 Å². The van der Waals surface area contributed by atoms with Crippen molar-refractivity contribution in [3.8, 4) is 0 Å². The summed E-state index contributed by atoms with van der Waals surface area (Å²) in [7, 11) is -4.84. The Morgan fingerprint density at radius 2 is 1.30 bits per heavy atom. The monoisotopic (exact) mass is 420 g/mol. The largest absolute Gasteiger partial charge is 0.354 e. The Kier molecular flexibility index (Phi) is 3.71. The first kappa shape index (κ1) is 18.5. The molecule has 0 bridgehead atoms. The lowest BCUT2D eigenvalue weighted by atomic mass is 10.0. The molecule has 0 saturated heterocycles. The summed E-state index contributed by atoms with van der Waals surface area (Å²) >= 11 is 0. The number of hydrogen-bond donors (Lipinski definition) is 3. The van der Waals surface area contributed by atoms with Gasteiger partial charge in [0.05, 0.1) is 21.9 Å². The van der Waals surface area contributed by atoms with Crippen LogP contribution in [-0.4, -0.2) is 22.9 Å². The fraction of sp³-hybridized carbons (Fsp3) is 0.0909. The van der Waals surface area contributed by atoms with Crippen molar-refractivity contribution in [3.05, 3.63) is 74.0 Å². The van der Waals surface area contributed by atoms with Gasteiger partial charge in [0.25, 0.3) is 10.1 Å². The molecule has 0 fully saturated rings. The highest BCUT2D eigenvalue weighted by molar-refractivity contribution is 7.86. The van der Waals surface area contributed by atoms with Crippen LogP contribution in [-0.2, 0) is 10.1 Å². The molecule has 150 valence electrons. The Labute approximate surface area is 169 Å². The van der Waals surface area contributed by atoms with Crippen LogP contribution in [0, 0.1) is 13.8 Å². The maximum Gasteiger partial charge on any atom is 0.297 e. The predicted octanol–water partition coefficient (Wildman–Crippen LogP) is 3.54. The Bertz CT molecular complexity index is 1780. The summed E-state index contributed by atoms with van der Waals surface area (Å²) in [4.78, 5) is 31.8. The normalized spacial score (nSPS) is 12.4. The minimum absolute atomic E-state index is 0.0640. The van der Waals surface area contributed by atoms with Gasteiger partial charge in [-0.1, -0.05) is 12.1 Å². The molecule has 0 saturated carbocycles. The Morgan fingerprint density at radius 1 is 0.733 bits per heavy atom. The lowest BCUT2D eigenvalue weighted by Crippen LogP contribution is -2.14. The number of benzene rings is 3. The molecular formula is C22H16N2O5S. The topological polar surface area (TPSA) is 120 Å². The zero-order chi connectivity index (χ0) is 21.4. The second-order valence-corrected chi connectivity index (χ2v) is 8.89. The molecule has 30 heavy (non-hydrogen) atoms. The fourth-order valence-electron chi connectivity index (χ4n) is 4.02. The van der Waals surface area contributed by atoms with Gasteiger partial charge in [-0.2, -0.15) is 8.42 Å². The molecule has 0 aliphatic rings. The molecule has 5 aromatic rings. The van der Waals surface area contributed by atoms with E-state index in [1.165, 1.54) is 6.07 Å². The van der Waals surface area contributed by atoms with Crippen LogP contribution in [0.25, 0.3) is 43.6 Å². The highest BCUT2D eigenvalue weighted by Gasteiger charge is 2.24. The molecule has 0 aliphatic heterocycles. The molecule has 0 radical (unpaired) electrons. The molecule has 5 rings (SSSR count). The van der Waals surface area contributed by atoms with E-state index >= 15 is 0 Å². The van der Waals surface area contributed by atoms with Gasteiger partial charge in [0.2, 0.25) is 0 Å². The molecule has 0 amide bonds. The summed E-state index contributed by atoms with van der Waals surface area (Å²) in [5.74, 6) is 0. The molecule has 0 aliphatic carbocycles. The molecule has 0 atom stereocenters. The molecule has 0 spiro atoms. The highest BCUT2D eigenvalue weighted by Crippen LogP contribution is 2.30. The Balaban J connectivity index is 2.15. The zero-order valence-electron chi connectivity index (χ0n) is 16.0. The number of hydrogen-bond acceptors (Lipinski definition) is 4. The Morgan fingerprint density at radius 3 is 1.90 bits per heavy atom. The summed E-state index contributed by atoms with van der Waals surface area (Å²) in [5.41, 5.74) is 1.85. The van der Waals surface area contributed by atoms with Crippen LogP contribution in [0.4, 0.5) is 0 Å². The SMILES string of the molecule is Cc1ccc2c(=O)c3cc4[nH]c5cc(C)ccc5c(=O)c4c(S(=O)(=O)O)c3[nH]c2c1. The summed E-state index contributed by atoms with van der Waals surface area (Å²) < 4.78 is 34.8. The van der Waals surface area contributed by atoms with Crippen LogP contribution < -0.4 is 10.9 Å². The third-order valence-corrected chi connectivity index (χ3v) is 6.30. The third kappa shape index (κ3) is 2.58. The zero-order valence-corrected chi connectivity index (χ0v) is 16.8. The van der Waals surface area contributed by atoms with Gasteiger partial charge >= 0.3 is 0 Å². The molecule has 3 N–H and O–H groups in total. The number of pyridine rings is 2. The smallest absolute Gasteiger partial charge is 0.297 e. The predicted molar refractivity (Wildman–Crippen MR) is 117 cm³/mol. The van der Waals surface area contributed by atoms with Gasteiger partial charge in [0.1, 0.15) is 4.90 Å². The van der Waals surface area contributed by atoms with Gasteiger partial charge in [-0.15, -0.1) is 0 Å². The van der Waals surface area contributed by atoms with E-state index < -0.39 is 25.9 Å². The maximum absolute atomic E-state index is 13.2. The van der Waals surface area contributed by atoms with Crippen LogP contribution in [0.3, 0.4) is 0 Å². The van der Waals surface area contributed by atoms with Crippen molar-refractivity contribution in [1.82, 2.24) is 9.97 Å². The summed E-state index contributed by atoms with van der Waals surface area (Å²) in [5, 5.41) is 0.544. The first-order valence-electron chi connectivity index (χ1n) is 9.18. The summed E-state index contributed by atoms with van der Waals surface area (Å²) in [6.07, 6.45) is 0. The van der Waals surface area contributed by atoms with Crippen LogP contribution in [0.2, 0.25) is 0 Å². The number of fused-ring (bicyclic) bond motifs is 4. The number of nitrogens with one attached hydrogen (secondary N) is 2. The van der Waals surface area contributed by atoms with Crippen molar-refractivity contribution in [2.45, 2.75) is 18.7 Å². The lowest BCUT2D eigenvalue weighted by molar-refractivity contribution is 0.485. The van der Waals surface area contributed by atoms with Crippen LogP contribution in [0.1, 0.15) is 11.1 Å². The van der Waals surface area contributed by atoms with Crippen molar-refractivity contribution in [2.24, 2.45) is 0 Å². The van der Waals surface area contributed by atoms with Crippen molar-refractivity contribution in [2.75, 3.05) is 0 Å². The molecule has 7 nitrogen and oxygen atoms in total. The number of rotatable bonds is 1. The minimum Gasteiger partial charge on any atom is -0.354 e. The molecule has 2 aromatic heterocycles. The Hall–Kier alpha value is -3.49. The van der Waals surface area contributed by atoms with Crippen molar-refractivity contribution in [3.63, 3.8) is 0 Å². The number of aromatic nitrogens is 2. The van der Waals surface area contributed by atoms with E-state index in [4.69, 9.17) is 0 Å². The standard InChI is InChI=1S/C22H16N2O5S/c1-10-4-6-13-15(7-10)23-17-9-14-19(22(30(27,28)29)18(17)21(13)26)24-16-8-11(2)3-5-12(16)20(14)25/h3-9H,1-2H3,(H,23,26)(H,24,25)(H,27,28,29). The first-order valence-corrected chi connectivity index (χ1v) is 10.6. The van der Waals surface area contributed by atoms with E-state index in [1.54, 1.807) is 36.4 Å². The van der Waals surface area contributed by atoms with Gasteiger partial charge in [0, 0.05) is 21.7 Å². The van der Waals surface area contributed by atoms with Gasteiger partial charge in [-0.3, -0.25) is 14.1 Å². The third-order valence-electron chi connectivity index (χ3n) is 5.38. The van der Waals surface area contributed by atoms with Gasteiger partial charge < -0.3 is 9.97 Å². The number of aromatic amines is 2. The van der Waals surface area contributed by atoms with Crippen molar-refractivity contribution < 1.29 is 13.0 Å².